The van der Waals surface area contributed by atoms with Crippen LogP contribution in [-0.4, -0.2) is 35.6 Å². The van der Waals surface area contributed by atoms with E-state index in [1.54, 1.807) is 18.2 Å². The van der Waals surface area contributed by atoms with Gasteiger partial charge < -0.3 is 15.7 Å². The number of aliphatic hydroxyl groups is 1. The van der Waals surface area contributed by atoms with E-state index in [2.05, 4.69) is 4.99 Å². The normalized spacial score (nSPS) is 16.7. The van der Waals surface area contributed by atoms with E-state index in [0.29, 0.717) is 12.0 Å². The lowest BCUT2D eigenvalue weighted by molar-refractivity contribution is 0.182. The SMILES string of the molecule is CN(C(N)=NCC(O)c1ccccc1F)C1CC1.I. The summed E-state index contributed by atoms with van der Waals surface area (Å²) in [6.45, 7) is 0.0732. The monoisotopic (exact) mass is 379 g/mol. The summed E-state index contributed by atoms with van der Waals surface area (Å²) in [5.41, 5.74) is 6.05. The summed E-state index contributed by atoms with van der Waals surface area (Å²) in [5, 5.41) is 9.87. The van der Waals surface area contributed by atoms with Gasteiger partial charge in [0, 0.05) is 18.7 Å². The summed E-state index contributed by atoms with van der Waals surface area (Å²) < 4.78 is 13.4. The van der Waals surface area contributed by atoms with E-state index in [1.807, 2.05) is 11.9 Å². The van der Waals surface area contributed by atoms with E-state index in [9.17, 15) is 9.50 Å². The Morgan fingerprint density at radius 3 is 2.74 bits per heavy atom. The number of nitrogens with two attached hydrogens (primary N) is 1. The highest BCUT2D eigenvalue weighted by atomic mass is 127. The standard InChI is InChI=1S/C13H18FN3O.HI/c1-17(9-6-7-9)13(15)16-8-12(18)10-4-2-3-5-11(10)14;/h2-5,9,12,18H,6-8H2,1H3,(H2,15,16);1H. The van der Waals surface area contributed by atoms with Crippen LogP contribution in [0.5, 0.6) is 0 Å². The Kier molecular flexibility index (Phi) is 5.99. The first-order valence-electron chi connectivity index (χ1n) is 6.05. The zero-order valence-electron chi connectivity index (χ0n) is 10.8. The molecule has 0 aliphatic heterocycles. The number of aliphatic imine (C=N–C) groups is 1. The number of rotatable bonds is 4. The number of benzene rings is 1. The highest BCUT2D eigenvalue weighted by molar-refractivity contribution is 14.0. The molecular formula is C13H19FIN3O. The molecule has 1 saturated carbocycles. The van der Waals surface area contributed by atoms with Crippen LogP contribution in [0.2, 0.25) is 0 Å². The van der Waals surface area contributed by atoms with Gasteiger partial charge in [-0.05, 0) is 18.9 Å². The van der Waals surface area contributed by atoms with Crippen LogP contribution in [0.25, 0.3) is 0 Å². The van der Waals surface area contributed by atoms with Crippen molar-refractivity contribution in [2.75, 3.05) is 13.6 Å². The summed E-state index contributed by atoms with van der Waals surface area (Å²) in [5.74, 6) is -0.0257. The molecule has 0 amide bonds. The molecule has 2 rings (SSSR count). The molecule has 0 bridgehead atoms. The minimum absolute atomic E-state index is 0. The molecule has 0 radical (unpaired) electrons. The van der Waals surface area contributed by atoms with Crippen molar-refractivity contribution in [2.45, 2.75) is 25.0 Å². The first-order chi connectivity index (χ1) is 8.59. The van der Waals surface area contributed by atoms with Crippen molar-refractivity contribution >= 4 is 29.9 Å². The molecule has 1 atom stereocenters. The molecule has 1 fully saturated rings. The Hall–Kier alpha value is -0.890. The second-order valence-corrected chi connectivity index (χ2v) is 4.58. The van der Waals surface area contributed by atoms with Crippen molar-refractivity contribution in [3.63, 3.8) is 0 Å². The van der Waals surface area contributed by atoms with Crippen LogP contribution in [0.15, 0.2) is 29.3 Å². The van der Waals surface area contributed by atoms with Crippen molar-refractivity contribution in [1.29, 1.82) is 0 Å². The van der Waals surface area contributed by atoms with Crippen molar-refractivity contribution in [1.82, 2.24) is 4.90 Å². The zero-order valence-corrected chi connectivity index (χ0v) is 13.1. The van der Waals surface area contributed by atoms with Crippen LogP contribution in [0, 0.1) is 5.82 Å². The van der Waals surface area contributed by atoms with Gasteiger partial charge in [-0.1, -0.05) is 18.2 Å². The Bertz CT molecular complexity index is 451. The molecule has 1 unspecified atom stereocenters. The number of aliphatic hydroxyl groups excluding tert-OH is 1. The van der Waals surface area contributed by atoms with Gasteiger partial charge >= 0.3 is 0 Å². The lowest BCUT2D eigenvalue weighted by Crippen LogP contribution is -2.36. The minimum Gasteiger partial charge on any atom is -0.386 e. The van der Waals surface area contributed by atoms with Crippen LogP contribution in [0.1, 0.15) is 24.5 Å². The van der Waals surface area contributed by atoms with E-state index in [4.69, 9.17) is 5.73 Å². The molecule has 4 nitrogen and oxygen atoms in total. The summed E-state index contributed by atoms with van der Waals surface area (Å²) in [6.07, 6.45) is 1.29. The van der Waals surface area contributed by atoms with E-state index in [0.717, 1.165) is 12.8 Å². The summed E-state index contributed by atoms with van der Waals surface area (Å²) >= 11 is 0. The molecule has 19 heavy (non-hydrogen) atoms. The average Bonchev–Trinajstić information content (AvgIpc) is 3.19. The third-order valence-electron chi connectivity index (χ3n) is 3.15. The van der Waals surface area contributed by atoms with Crippen LogP contribution >= 0.6 is 24.0 Å². The van der Waals surface area contributed by atoms with Crippen LogP contribution in [-0.2, 0) is 0 Å². The van der Waals surface area contributed by atoms with Gasteiger partial charge in [0.05, 0.1) is 6.54 Å². The van der Waals surface area contributed by atoms with Crippen molar-refractivity contribution in [3.8, 4) is 0 Å². The number of guanidine groups is 1. The summed E-state index contributed by atoms with van der Waals surface area (Å²) in [4.78, 5) is 6.00. The van der Waals surface area contributed by atoms with Crippen molar-refractivity contribution < 1.29 is 9.50 Å². The molecule has 0 spiro atoms. The van der Waals surface area contributed by atoms with Gasteiger partial charge in [-0.15, -0.1) is 24.0 Å². The van der Waals surface area contributed by atoms with Gasteiger partial charge in [0.1, 0.15) is 11.9 Å². The molecule has 0 saturated heterocycles. The number of nitrogens with zero attached hydrogens (tertiary/aromatic N) is 2. The molecule has 106 valence electrons. The molecule has 0 heterocycles. The third-order valence-corrected chi connectivity index (χ3v) is 3.15. The number of hydrogen-bond donors (Lipinski definition) is 2. The second kappa shape index (κ2) is 7.04. The number of hydrogen-bond acceptors (Lipinski definition) is 2. The van der Waals surface area contributed by atoms with Crippen molar-refractivity contribution in [3.05, 3.63) is 35.6 Å². The fourth-order valence-corrected chi connectivity index (χ4v) is 1.78. The average molecular weight is 379 g/mol. The van der Waals surface area contributed by atoms with Gasteiger partial charge in [0.15, 0.2) is 5.96 Å². The molecule has 0 aromatic heterocycles. The lowest BCUT2D eigenvalue weighted by Gasteiger charge is -2.17. The largest absolute Gasteiger partial charge is 0.386 e. The maximum absolute atomic E-state index is 13.4. The quantitative estimate of drug-likeness (QED) is 0.477. The fraction of sp³-hybridized carbons (Fsp3) is 0.462. The van der Waals surface area contributed by atoms with Crippen LogP contribution in [0.4, 0.5) is 4.39 Å². The minimum atomic E-state index is -0.961. The van der Waals surface area contributed by atoms with Gasteiger partial charge in [-0.25, -0.2) is 4.39 Å². The molecule has 1 aromatic carbocycles. The Morgan fingerprint density at radius 1 is 1.53 bits per heavy atom. The summed E-state index contributed by atoms with van der Waals surface area (Å²) in [6, 6.07) is 6.62. The van der Waals surface area contributed by atoms with Crippen LogP contribution in [0.3, 0.4) is 0 Å². The topological polar surface area (TPSA) is 61.8 Å². The first kappa shape index (κ1) is 16.2. The van der Waals surface area contributed by atoms with E-state index in [-0.39, 0.29) is 36.1 Å². The highest BCUT2D eigenvalue weighted by Gasteiger charge is 2.27. The maximum Gasteiger partial charge on any atom is 0.191 e. The van der Waals surface area contributed by atoms with E-state index < -0.39 is 11.9 Å². The molecule has 1 aliphatic carbocycles. The van der Waals surface area contributed by atoms with Crippen LogP contribution < -0.4 is 5.73 Å². The number of halogens is 2. The van der Waals surface area contributed by atoms with Crippen molar-refractivity contribution in [2.24, 2.45) is 10.7 Å². The smallest absolute Gasteiger partial charge is 0.191 e. The molecule has 6 heteroatoms. The predicted molar refractivity (Wildman–Crippen MR) is 84.0 cm³/mol. The van der Waals surface area contributed by atoms with Gasteiger partial charge in [-0.2, -0.15) is 0 Å². The Labute approximate surface area is 129 Å². The maximum atomic E-state index is 13.4. The Morgan fingerprint density at radius 2 is 2.16 bits per heavy atom. The molecule has 1 aromatic rings. The summed E-state index contributed by atoms with van der Waals surface area (Å²) in [7, 11) is 1.88. The van der Waals surface area contributed by atoms with E-state index >= 15 is 0 Å². The molecular weight excluding hydrogens is 360 g/mol. The van der Waals surface area contributed by atoms with Gasteiger partial charge in [-0.3, -0.25) is 4.99 Å². The molecule has 1 aliphatic rings. The fourth-order valence-electron chi connectivity index (χ4n) is 1.78. The highest BCUT2D eigenvalue weighted by Crippen LogP contribution is 2.25. The predicted octanol–water partition coefficient (Wildman–Crippen LogP) is 1.89. The Balaban J connectivity index is 0.00000180. The van der Waals surface area contributed by atoms with Gasteiger partial charge in [0.2, 0.25) is 0 Å². The third kappa shape index (κ3) is 4.31. The second-order valence-electron chi connectivity index (χ2n) is 4.58. The molecule has 3 N–H and O–H groups in total. The first-order valence-corrected chi connectivity index (χ1v) is 6.05. The van der Waals surface area contributed by atoms with E-state index in [1.165, 1.54) is 6.07 Å². The zero-order chi connectivity index (χ0) is 13.1. The van der Waals surface area contributed by atoms with Gasteiger partial charge in [0.25, 0.3) is 0 Å². The lowest BCUT2D eigenvalue weighted by atomic mass is 10.1.